The molecule has 0 saturated heterocycles. The smallest absolute Gasteiger partial charge is 0.548 e. The average molecular weight is 436 g/mol. The fourth-order valence-corrected chi connectivity index (χ4v) is 4.00. The second-order valence-corrected chi connectivity index (χ2v) is 8.61. The second-order valence-electron chi connectivity index (χ2n) is 8.61. The van der Waals surface area contributed by atoms with E-state index in [9.17, 15) is 9.90 Å². The number of nitrogens with zero attached hydrogens (tertiary/aromatic N) is 1. The molecule has 1 unspecified atom stereocenters. The Balaban J connectivity index is 0. The Labute approximate surface area is 225 Å². The molecule has 0 rings (SSSR count). The standard InChI is InChI=1S/C25H51NO2.K/c1-4-7-10-12-14-16-19-22-26(23-20-17-15-13-11-8-5-2)24(25(27)28)21-18-9-6-3;/h24H,4-23H2,1-3H3,(H,27,28);/q;+1/p-1. The molecule has 0 aromatic rings. The van der Waals surface area contributed by atoms with Crippen LogP contribution in [0.1, 0.15) is 136 Å². The second kappa shape index (κ2) is 25.3. The van der Waals surface area contributed by atoms with Gasteiger partial charge in [0.25, 0.3) is 0 Å². The Morgan fingerprint density at radius 2 is 0.966 bits per heavy atom. The minimum atomic E-state index is -0.859. The number of rotatable bonds is 22. The number of unbranched alkanes of at least 4 members (excludes halogenated alkanes) is 14. The van der Waals surface area contributed by atoms with E-state index in [1.165, 1.54) is 77.0 Å². The number of hydrogen-bond acceptors (Lipinski definition) is 3. The van der Waals surface area contributed by atoms with E-state index < -0.39 is 5.97 Å². The molecule has 168 valence electrons. The number of carboxylic acid groups (broad SMARTS) is 1. The van der Waals surface area contributed by atoms with Crippen LogP contribution in [0.25, 0.3) is 0 Å². The number of hydrogen-bond donors (Lipinski definition) is 0. The molecule has 4 heteroatoms. The Morgan fingerprint density at radius 3 is 1.34 bits per heavy atom. The van der Waals surface area contributed by atoms with Crippen molar-refractivity contribution in [3.63, 3.8) is 0 Å². The topological polar surface area (TPSA) is 43.4 Å². The van der Waals surface area contributed by atoms with Gasteiger partial charge in [0.1, 0.15) is 0 Å². The molecule has 0 aromatic heterocycles. The molecule has 3 nitrogen and oxygen atoms in total. The third kappa shape index (κ3) is 20.7. The molecule has 0 fully saturated rings. The SMILES string of the molecule is CCCCCCCCCN(CCCCCCCCC)C(CCCCC)C(=O)[O-].[K+]. The van der Waals surface area contributed by atoms with Crippen LogP contribution < -0.4 is 56.5 Å². The minimum Gasteiger partial charge on any atom is -0.548 e. The van der Waals surface area contributed by atoms with E-state index >= 15 is 0 Å². The fraction of sp³-hybridized carbons (Fsp3) is 0.960. The van der Waals surface area contributed by atoms with Gasteiger partial charge in [0, 0.05) is 6.04 Å². The molecule has 0 aliphatic rings. The molecule has 0 spiro atoms. The zero-order valence-electron chi connectivity index (χ0n) is 20.5. The summed E-state index contributed by atoms with van der Waals surface area (Å²) in [6, 6.07) is -0.383. The predicted octanol–water partition coefficient (Wildman–Crippen LogP) is 3.49. The average Bonchev–Trinajstić information content (AvgIpc) is 2.68. The summed E-state index contributed by atoms with van der Waals surface area (Å²) < 4.78 is 0. The summed E-state index contributed by atoms with van der Waals surface area (Å²) in [6.45, 7) is 8.52. The summed E-state index contributed by atoms with van der Waals surface area (Å²) >= 11 is 0. The zero-order chi connectivity index (χ0) is 20.9. The van der Waals surface area contributed by atoms with Crippen LogP contribution in [0.4, 0.5) is 0 Å². The van der Waals surface area contributed by atoms with Crippen LogP contribution in [0.2, 0.25) is 0 Å². The van der Waals surface area contributed by atoms with E-state index in [0.29, 0.717) is 0 Å². The first-order valence-electron chi connectivity index (χ1n) is 12.6. The molecule has 0 bridgehead atoms. The molecule has 0 aliphatic heterocycles. The molecule has 0 amide bonds. The number of carbonyl (C=O) groups excluding carboxylic acids is 1. The fourth-order valence-electron chi connectivity index (χ4n) is 4.00. The van der Waals surface area contributed by atoms with Gasteiger partial charge in [0.05, 0.1) is 5.97 Å². The molecule has 1 atom stereocenters. The normalized spacial score (nSPS) is 12.1. The molecule has 0 heterocycles. The molecular weight excluding hydrogens is 385 g/mol. The molecule has 0 saturated carbocycles. The summed E-state index contributed by atoms with van der Waals surface area (Å²) in [4.78, 5) is 14.0. The van der Waals surface area contributed by atoms with Gasteiger partial charge >= 0.3 is 51.4 Å². The summed E-state index contributed by atoms with van der Waals surface area (Å²) in [5, 5.41) is 11.8. The molecular formula is C25H50KNO2. The first-order valence-corrected chi connectivity index (χ1v) is 12.6. The van der Waals surface area contributed by atoms with Crippen molar-refractivity contribution < 1.29 is 61.3 Å². The van der Waals surface area contributed by atoms with Crippen molar-refractivity contribution >= 4 is 5.97 Å². The van der Waals surface area contributed by atoms with Gasteiger partial charge in [-0.3, -0.25) is 4.90 Å². The van der Waals surface area contributed by atoms with E-state index in [0.717, 1.165) is 51.6 Å². The molecule has 0 aromatic carbocycles. The van der Waals surface area contributed by atoms with E-state index in [2.05, 4.69) is 25.7 Å². The predicted molar refractivity (Wildman–Crippen MR) is 120 cm³/mol. The van der Waals surface area contributed by atoms with Crippen LogP contribution in [0.5, 0.6) is 0 Å². The molecule has 29 heavy (non-hydrogen) atoms. The maximum Gasteiger partial charge on any atom is 1.00 e. The maximum atomic E-state index is 11.8. The van der Waals surface area contributed by atoms with Crippen LogP contribution in [0, 0.1) is 0 Å². The number of carbonyl (C=O) groups is 1. The zero-order valence-corrected chi connectivity index (χ0v) is 23.6. The van der Waals surface area contributed by atoms with E-state index in [-0.39, 0.29) is 57.4 Å². The quantitative estimate of drug-likeness (QED) is 0.193. The van der Waals surface area contributed by atoms with Crippen molar-refractivity contribution in [3.8, 4) is 0 Å². The summed E-state index contributed by atoms with van der Waals surface area (Å²) in [6.07, 6.45) is 21.9. The first-order chi connectivity index (χ1) is 13.7. The molecule has 0 aliphatic carbocycles. The van der Waals surface area contributed by atoms with Crippen LogP contribution >= 0.6 is 0 Å². The van der Waals surface area contributed by atoms with E-state index in [1.807, 2.05) is 0 Å². The van der Waals surface area contributed by atoms with Crippen LogP contribution in [0.3, 0.4) is 0 Å². The number of carboxylic acids is 1. The Morgan fingerprint density at radius 1 is 0.621 bits per heavy atom. The number of aliphatic carboxylic acids is 1. The van der Waals surface area contributed by atoms with Crippen molar-refractivity contribution in [2.24, 2.45) is 0 Å². The molecule has 0 radical (unpaired) electrons. The van der Waals surface area contributed by atoms with Crippen molar-refractivity contribution in [1.82, 2.24) is 4.90 Å². The Kier molecular flexibility index (Phi) is 28.2. The van der Waals surface area contributed by atoms with E-state index in [1.54, 1.807) is 0 Å². The van der Waals surface area contributed by atoms with E-state index in [4.69, 9.17) is 0 Å². The third-order valence-electron chi connectivity index (χ3n) is 5.89. The van der Waals surface area contributed by atoms with Gasteiger partial charge in [0.2, 0.25) is 0 Å². The molecule has 0 N–H and O–H groups in total. The van der Waals surface area contributed by atoms with Crippen LogP contribution in [-0.2, 0) is 4.79 Å². The van der Waals surface area contributed by atoms with Crippen LogP contribution in [-0.4, -0.2) is 30.0 Å². The Hall–Kier alpha value is 1.07. The van der Waals surface area contributed by atoms with Gasteiger partial charge in [-0.25, -0.2) is 0 Å². The maximum absolute atomic E-state index is 11.8. The van der Waals surface area contributed by atoms with Crippen LogP contribution in [0.15, 0.2) is 0 Å². The minimum absolute atomic E-state index is 0. The summed E-state index contributed by atoms with van der Waals surface area (Å²) in [7, 11) is 0. The van der Waals surface area contributed by atoms with Gasteiger partial charge in [0.15, 0.2) is 0 Å². The van der Waals surface area contributed by atoms with Gasteiger partial charge in [-0.2, -0.15) is 0 Å². The first kappa shape index (κ1) is 32.2. The summed E-state index contributed by atoms with van der Waals surface area (Å²) in [5.41, 5.74) is 0. The monoisotopic (exact) mass is 435 g/mol. The van der Waals surface area contributed by atoms with Crippen molar-refractivity contribution in [3.05, 3.63) is 0 Å². The van der Waals surface area contributed by atoms with Crippen molar-refractivity contribution in [1.29, 1.82) is 0 Å². The summed E-state index contributed by atoms with van der Waals surface area (Å²) in [5.74, 6) is -0.859. The van der Waals surface area contributed by atoms with Crippen molar-refractivity contribution in [2.75, 3.05) is 13.1 Å². The third-order valence-corrected chi connectivity index (χ3v) is 5.89. The Bertz CT molecular complexity index is 321. The largest absolute Gasteiger partial charge is 1.00 e. The van der Waals surface area contributed by atoms with Gasteiger partial charge in [-0.15, -0.1) is 0 Å². The van der Waals surface area contributed by atoms with Gasteiger partial charge in [-0.05, 0) is 32.4 Å². The van der Waals surface area contributed by atoms with Crippen molar-refractivity contribution in [2.45, 2.75) is 142 Å². The van der Waals surface area contributed by atoms with Gasteiger partial charge in [-0.1, -0.05) is 117 Å². The van der Waals surface area contributed by atoms with Gasteiger partial charge < -0.3 is 9.90 Å².